The number of aromatic nitrogens is 1. The van der Waals surface area contributed by atoms with E-state index in [-0.39, 0.29) is 6.61 Å². The molecule has 0 aliphatic rings. The topological polar surface area (TPSA) is 48.4 Å². The van der Waals surface area contributed by atoms with Crippen LogP contribution < -0.4 is 4.74 Å². The van der Waals surface area contributed by atoms with Crippen LogP contribution in [0.25, 0.3) is 20.8 Å². The fourth-order valence-corrected chi connectivity index (χ4v) is 5.42. The number of nitrogens with zero attached hydrogens (tertiary/aromatic N) is 1. The molecule has 0 saturated heterocycles. The molecule has 4 rings (SSSR count). The summed E-state index contributed by atoms with van der Waals surface area (Å²) < 4.78 is 50.0. The Morgan fingerprint density at radius 1 is 1.09 bits per heavy atom. The van der Waals surface area contributed by atoms with E-state index in [4.69, 9.17) is 14.5 Å². The molecular formula is C26H22F3NO3S2. The van der Waals surface area contributed by atoms with Gasteiger partial charge in [-0.1, -0.05) is 24.3 Å². The molecule has 4 nitrogen and oxygen atoms in total. The van der Waals surface area contributed by atoms with Crippen LogP contribution in [-0.4, -0.2) is 24.2 Å². The number of benzene rings is 3. The van der Waals surface area contributed by atoms with Gasteiger partial charge in [-0.2, -0.15) is 13.2 Å². The summed E-state index contributed by atoms with van der Waals surface area (Å²) in [7, 11) is 0. The number of para-hydroxylation sites is 1. The smallest absolute Gasteiger partial charge is 0.416 e. The van der Waals surface area contributed by atoms with Gasteiger partial charge >= 0.3 is 12.1 Å². The van der Waals surface area contributed by atoms with Crippen LogP contribution >= 0.6 is 23.1 Å². The molecule has 0 amide bonds. The molecule has 0 N–H and O–H groups in total. The summed E-state index contributed by atoms with van der Waals surface area (Å²) in [6, 6.07) is 16.8. The first-order valence-corrected chi connectivity index (χ1v) is 12.6. The number of aryl methyl sites for hydroxylation is 1. The van der Waals surface area contributed by atoms with Crippen molar-refractivity contribution in [2.24, 2.45) is 0 Å². The molecule has 0 aliphatic heterocycles. The molecule has 0 spiro atoms. The van der Waals surface area contributed by atoms with Gasteiger partial charge in [0.1, 0.15) is 10.8 Å². The molecule has 9 heteroatoms. The average Bonchev–Trinajstić information content (AvgIpc) is 3.27. The summed E-state index contributed by atoms with van der Waals surface area (Å²) in [4.78, 5) is 17.3. The Balaban J connectivity index is 1.47. The van der Waals surface area contributed by atoms with Gasteiger partial charge in [-0.05, 0) is 61.4 Å². The van der Waals surface area contributed by atoms with Gasteiger partial charge in [-0.3, -0.25) is 0 Å². The number of halogens is 3. The Hall–Kier alpha value is -3.04. The lowest BCUT2D eigenvalue weighted by Crippen LogP contribution is -2.14. The summed E-state index contributed by atoms with van der Waals surface area (Å²) in [5.74, 6) is 0.901. The minimum atomic E-state index is -4.36. The molecule has 182 valence electrons. The van der Waals surface area contributed by atoms with Gasteiger partial charge in [0.05, 0.1) is 22.4 Å². The number of carbonyl (C=O) groups excluding carboxylic acids is 1. The largest absolute Gasteiger partial charge is 0.482 e. The fourth-order valence-electron chi connectivity index (χ4n) is 3.42. The SMILES string of the molecule is CCOC(=O)COc1ccc(SCc2cccc3sc(-c4ccc(C(F)(F)F)cc4)nc23)cc1C. The van der Waals surface area contributed by atoms with Crippen molar-refractivity contribution in [3.63, 3.8) is 0 Å². The number of carbonyl (C=O) groups is 1. The van der Waals surface area contributed by atoms with Gasteiger partial charge in [0.25, 0.3) is 0 Å². The van der Waals surface area contributed by atoms with Crippen LogP contribution in [0.4, 0.5) is 13.2 Å². The number of hydrogen-bond acceptors (Lipinski definition) is 6. The number of thiazole rings is 1. The number of fused-ring (bicyclic) bond motifs is 1. The van der Waals surface area contributed by atoms with E-state index in [0.29, 0.717) is 28.7 Å². The number of thioether (sulfide) groups is 1. The molecule has 1 heterocycles. The number of ether oxygens (including phenoxy) is 2. The lowest BCUT2D eigenvalue weighted by atomic mass is 10.1. The van der Waals surface area contributed by atoms with Crippen molar-refractivity contribution in [1.82, 2.24) is 4.98 Å². The van der Waals surface area contributed by atoms with Crippen LogP contribution in [0.3, 0.4) is 0 Å². The fraction of sp³-hybridized carbons (Fsp3) is 0.231. The Bertz CT molecular complexity index is 1330. The highest BCUT2D eigenvalue weighted by atomic mass is 32.2. The summed E-state index contributed by atoms with van der Waals surface area (Å²) >= 11 is 3.11. The van der Waals surface area contributed by atoms with E-state index in [9.17, 15) is 18.0 Å². The summed E-state index contributed by atoms with van der Waals surface area (Å²) in [5.41, 5.74) is 2.79. The number of hydrogen-bond donors (Lipinski definition) is 0. The molecule has 0 atom stereocenters. The molecule has 3 aromatic carbocycles. The molecule has 0 bridgehead atoms. The molecule has 0 radical (unpaired) electrons. The standard InChI is InChI=1S/C26H22F3NO3S2/c1-3-32-23(31)14-33-21-12-11-20(13-16(21)2)34-15-18-5-4-6-22-24(18)30-25(35-22)17-7-9-19(10-8-17)26(27,28)29/h4-13H,3,14-15H2,1-2H3. The van der Waals surface area contributed by atoms with Gasteiger partial charge in [-0.25, -0.2) is 9.78 Å². The minimum absolute atomic E-state index is 0.131. The molecule has 35 heavy (non-hydrogen) atoms. The van der Waals surface area contributed by atoms with Crippen LogP contribution in [0, 0.1) is 6.92 Å². The quantitative estimate of drug-likeness (QED) is 0.179. The molecule has 0 fully saturated rings. The molecule has 4 aromatic rings. The molecule has 1 aromatic heterocycles. The maximum atomic E-state index is 12.9. The monoisotopic (exact) mass is 517 g/mol. The van der Waals surface area contributed by atoms with Crippen molar-refractivity contribution in [2.45, 2.75) is 30.7 Å². The first-order valence-electron chi connectivity index (χ1n) is 10.8. The maximum Gasteiger partial charge on any atom is 0.416 e. The zero-order valence-corrected chi connectivity index (χ0v) is 20.7. The van der Waals surface area contributed by atoms with Gasteiger partial charge in [0, 0.05) is 16.2 Å². The highest BCUT2D eigenvalue weighted by Gasteiger charge is 2.30. The van der Waals surface area contributed by atoms with E-state index in [1.807, 2.05) is 43.3 Å². The second-order valence-corrected chi connectivity index (χ2v) is 9.75. The van der Waals surface area contributed by atoms with Crippen LogP contribution in [0.1, 0.15) is 23.6 Å². The first-order chi connectivity index (χ1) is 16.7. The first kappa shape index (κ1) is 25.1. The van der Waals surface area contributed by atoms with Crippen LogP contribution in [0.15, 0.2) is 65.6 Å². The van der Waals surface area contributed by atoms with Crippen molar-refractivity contribution in [3.8, 4) is 16.3 Å². The molecular weight excluding hydrogens is 495 g/mol. The third kappa shape index (κ3) is 6.15. The summed E-state index contributed by atoms with van der Waals surface area (Å²) in [5, 5.41) is 0.685. The van der Waals surface area contributed by atoms with Gasteiger partial charge in [0.15, 0.2) is 6.61 Å². The number of esters is 1. The lowest BCUT2D eigenvalue weighted by Gasteiger charge is -2.10. The predicted molar refractivity (Wildman–Crippen MR) is 133 cm³/mol. The third-order valence-corrected chi connectivity index (χ3v) is 7.27. The van der Waals surface area contributed by atoms with Crippen LogP contribution in [0.5, 0.6) is 5.75 Å². The molecule has 0 unspecified atom stereocenters. The Labute approximate surface area is 209 Å². The molecule has 0 aliphatic carbocycles. The van der Waals surface area contributed by atoms with Crippen molar-refractivity contribution in [1.29, 1.82) is 0 Å². The Kier molecular flexibility index (Phi) is 7.66. The Morgan fingerprint density at radius 2 is 1.86 bits per heavy atom. The van der Waals surface area contributed by atoms with Crippen molar-refractivity contribution < 1.29 is 27.4 Å². The van der Waals surface area contributed by atoms with E-state index in [0.717, 1.165) is 38.4 Å². The Morgan fingerprint density at radius 3 is 2.54 bits per heavy atom. The second-order valence-electron chi connectivity index (χ2n) is 7.67. The minimum Gasteiger partial charge on any atom is -0.482 e. The zero-order chi connectivity index (χ0) is 25.0. The van der Waals surface area contributed by atoms with Crippen molar-refractivity contribution in [3.05, 3.63) is 77.4 Å². The third-order valence-electron chi connectivity index (χ3n) is 5.15. The van der Waals surface area contributed by atoms with Crippen LogP contribution in [-0.2, 0) is 21.5 Å². The second kappa shape index (κ2) is 10.7. The summed E-state index contributed by atoms with van der Waals surface area (Å²) in [6.07, 6.45) is -4.36. The van der Waals surface area contributed by atoms with E-state index in [2.05, 4.69) is 0 Å². The van der Waals surface area contributed by atoms with E-state index in [1.54, 1.807) is 18.7 Å². The lowest BCUT2D eigenvalue weighted by molar-refractivity contribution is -0.145. The predicted octanol–water partition coefficient (Wildman–Crippen LogP) is 7.52. The van der Waals surface area contributed by atoms with Crippen molar-refractivity contribution >= 4 is 39.3 Å². The average molecular weight is 518 g/mol. The van der Waals surface area contributed by atoms with E-state index < -0.39 is 17.7 Å². The van der Waals surface area contributed by atoms with Gasteiger partial charge < -0.3 is 9.47 Å². The highest BCUT2D eigenvalue weighted by Crippen LogP contribution is 2.36. The van der Waals surface area contributed by atoms with Gasteiger partial charge in [0.2, 0.25) is 0 Å². The normalized spacial score (nSPS) is 11.6. The molecule has 0 saturated carbocycles. The van der Waals surface area contributed by atoms with Crippen molar-refractivity contribution in [2.75, 3.05) is 13.2 Å². The zero-order valence-electron chi connectivity index (χ0n) is 19.0. The number of alkyl halides is 3. The van der Waals surface area contributed by atoms with E-state index in [1.165, 1.54) is 23.5 Å². The van der Waals surface area contributed by atoms with Gasteiger partial charge in [-0.15, -0.1) is 23.1 Å². The summed E-state index contributed by atoms with van der Waals surface area (Å²) in [6.45, 7) is 3.85. The maximum absolute atomic E-state index is 12.9. The number of rotatable bonds is 8. The van der Waals surface area contributed by atoms with E-state index >= 15 is 0 Å². The van der Waals surface area contributed by atoms with Crippen LogP contribution in [0.2, 0.25) is 0 Å². The highest BCUT2D eigenvalue weighted by molar-refractivity contribution is 7.98.